The number of hydrogen-bond donors (Lipinski definition) is 0. The summed E-state index contributed by atoms with van der Waals surface area (Å²) in [5.41, 5.74) is 4.87. The van der Waals surface area contributed by atoms with Gasteiger partial charge >= 0.3 is 0 Å². The number of terminal acetylenes is 1. The summed E-state index contributed by atoms with van der Waals surface area (Å²) >= 11 is 6.19. The van der Waals surface area contributed by atoms with Crippen molar-refractivity contribution in [3.63, 3.8) is 0 Å². The third-order valence-electron chi connectivity index (χ3n) is 5.41. The van der Waals surface area contributed by atoms with Crippen molar-refractivity contribution in [1.29, 1.82) is 0 Å². The molecule has 0 aliphatic heterocycles. The highest BCUT2D eigenvalue weighted by Crippen LogP contribution is 2.25. The molecule has 0 heterocycles. The number of ether oxygens (including phenoxy) is 1. The van der Waals surface area contributed by atoms with E-state index >= 15 is 0 Å². The van der Waals surface area contributed by atoms with Gasteiger partial charge in [-0.25, -0.2) is 4.39 Å². The molecule has 0 radical (unpaired) electrons. The second-order valence-electron chi connectivity index (χ2n) is 9.68. The largest absolute Gasteiger partial charge is 0.388 e. The number of carbonyl (C=O) groups excluding carboxylic acids is 1. The van der Waals surface area contributed by atoms with Gasteiger partial charge in [0.25, 0.3) is 0 Å². The molecule has 0 atom stereocenters. The molecule has 43 heavy (non-hydrogen) atoms. The summed E-state index contributed by atoms with van der Waals surface area (Å²) in [6.45, 7) is 24.3. The second kappa shape index (κ2) is 37.4. The lowest BCUT2D eigenvalue weighted by Crippen LogP contribution is -2.02. The van der Waals surface area contributed by atoms with Crippen molar-refractivity contribution >= 4 is 17.4 Å². The first-order valence-corrected chi connectivity index (χ1v) is 15.8. The normalized spacial score (nSPS) is 11.0. The lowest BCUT2D eigenvalue weighted by atomic mass is 9.97. The van der Waals surface area contributed by atoms with Gasteiger partial charge in [0.15, 0.2) is 5.78 Å². The number of benzene rings is 1. The molecule has 0 aromatic heterocycles. The van der Waals surface area contributed by atoms with Crippen LogP contribution in [-0.2, 0) is 9.53 Å². The Morgan fingerprint density at radius 3 is 1.63 bits per heavy atom. The third-order valence-corrected chi connectivity index (χ3v) is 5.83. The Kier molecular flexibility index (Phi) is 43.4. The van der Waals surface area contributed by atoms with Gasteiger partial charge in [0.1, 0.15) is 5.82 Å². The highest BCUT2D eigenvalue weighted by atomic mass is 35.5. The number of aryl methyl sites for hydroxylation is 1. The van der Waals surface area contributed by atoms with Crippen LogP contribution in [-0.4, -0.2) is 20.0 Å². The Morgan fingerprint density at radius 2 is 1.35 bits per heavy atom. The lowest BCUT2D eigenvalue weighted by molar-refractivity contribution is -0.113. The lowest BCUT2D eigenvalue weighted by Gasteiger charge is -2.09. The number of carbonyl (C=O) groups is 1. The quantitative estimate of drug-likeness (QED) is 0.148. The number of ketones is 1. The molecule has 0 unspecified atom stereocenters. The molecule has 0 saturated heterocycles. The van der Waals surface area contributed by atoms with E-state index in [1.165, 1.54) is 43.4 Å². The van der Waals surface area contributed by atoms with Gasteiger partial charge < -0.3 is 4.74 Å². The maximum atomic E-state index is 12.1. The van der Waals surface area contributed by atoms with Gasteiger partial charge in [0.2, 0.25) is 0 Å². The van der Waals surface area contributed by atoms with Crippen molar-refractivity contribution in [2.24, 2.45) is 5.92 Å². The van der Waals surface area contributed by atoms with Crippen molar-refractivity contribution in [3.8, 4) is 12.8 Å². The molecule has 0 amide bonds. The van der Waals surface area contributed by atoms with Gasteiger partial charge in [-0.2, -0.15) is 0 Å². The fourth-order valence-corrected chi connectivity index (χ4v) is 3.55. The predicted octanol–water partition coefficient (Wildman–Crippen LogP) is 12.8. The Labute approximate surface area is 272 Å². The van der Waals surface area contributed by atoms with Gasteiger partial charge in [-0.05, 0) is 83.2 Å². The smallest absolute Gasteiger partial charge is 0.160 e. The maximum Gasteiger partial charge on any atom is 0.160 e. The van der Waals surface area contributed by atoms with Gasteiger partial charge in [-0.1, -0.05) is 126 Å². The molecule has 0 spiro atoms. The summed E-state index contributed by atoms with van der Waals surface area (Å²) in [4.78, 5) is 11.9. The van der Waals surface area contributed by atoms with Crippen LogP contribution in [0, 0.1) is 31.5 Å². The molecular formula is C39H64ClFO2. The number of rotatable bonds is 10. The van der Waals surface area contributed by atoms with E-state index in [9.17, 15) is 9.18 Å². The number of hydrogen-bond acceptors (Lipinski definition) is 2. The second-order valence-corrected chi connectivity index (χ2v) is 10.1. The average Bonchev–Trinajstić information content (AvgIpc) is 2.99. The number of methoxy groups -OCH3 is 1. The number of Topliss-reactive ketones (excluding diaryl/α,β-unsaturated/α-hetero) is 1. The van der Waals surface area contributed by atoms with E-state index in [0.29, 0.717) is 10.6 Å². The van der Waals surface area contributed by atoms with Crippen LogP contribution in [0.5, 0.6) is 0 Å². The first kappa shape index (κ1) is 50.0. The monoisotopic (exact) mass is 618 g/mol. The van der Waals surface area contributed by atoms with E-state index in [0.717, 1.165) is 29.0 Å². The Hall–Kier alpha value is -2.67. The zero-order valence-corrected chi connectivity index (χ0v) is 30.8. The van der Waals surface area contributed by atoms with Crippen LogP contribution in [0.2, 0.25) is 0 Å². The fourth-order valence-electron chi connectivity index (χ4n) is 3.34. The topological polar surface area (TPSA) is 26.3 Å². The maximum absolute atomic E-state index is 12.1. The minimum Gasteiger partial charge on any atom is -0.388 e. The van der Waals surface area contributed by atoms with E-state index in [1.807, 2.05) is 60.6 Å². The van der Waals surface area contributed by atoms with Crippen LogP contribution < -0.4 is 0 Å². The van der Waals surface area contributed by atoms with E-state index in [-0.39, 0.29) is 11.6 Å². The predicted molar refractivity (Wildman–Crippen MR) is 194 cm³/mol. The molecule has 0 aliphatic rings. The van der Waals surface area contributed by atoms with Gasteiger partial charge in [-0.15, -0.1) is 12.8 Å². The molecule has 0 aliphatic carbocycles. The fraction of sp³-hybridized carbons (Fsp3) is 0.513. The minimum atomic E-state index is -0.171. The molecule has 4 heteroatoms. The zero-order chi connectivity index (χ0) is 34.8. The summed E-state index contributed by atoms with van der Waals surface area (Å²) in [7, 11) is 3.25. The molecule has 1 rings (SSSR count). The van der Waals surface area contributed by atoms with Crippen LogP contribution >= 0.6 is 11.6 Å². The summed E-state index contributed by atoms with van der Waals surface area (Å²) in [6, 6.07) is 6.40. The van der Waals surface area contributed by atoms with Crippen molar-refractivity contribution in [1.82, 2.24) is 0 Å². The molecule has 0 bridgehead atoms. The van der Waals surface area contributed by atoms with Crippen LogP contribution in [0.3, 0.4) is 0 Å². The third kappa shape index (κ3) is 33.7. The van der Waals surface area contributed by atoms with Crippen molar-refractivity contribution in [2.75, 3.05) is 14.2 Å². The SMILES string of the molecule is C#C.C/C=C(C(=C/C(=C/C=C(C)C)CC)/C(C)=O)\C(Cl)=C/C.CC.CCCC(C)CCC.COC.Cc1ccc(F)cc1. The van der Waals surface area contributed by atoms with Crippen LogP contribution in [0.15, 0.2) is 82.0 Å². The summed E-state index contributed by atoms with van der Waals surface area (Å²) in [5.74, 6) is 0.815. The number of allylic oxidation sites excluding steroid dienone is 10. The van der Waals surface area contributed by atoms with E-state index in [4.69, 9.17) is 11.6 Å². The molecular weight excluding hydrogens is 555 g/mol. The first-order valence-electron chi connectivity index (χ1n) is 15.4. The summed E-state index contributed by atoms with van der Waals surface area (Å²) < 4.78 is 16.3. The molecule has 1 aromatic carbocycles. The highest BCUT2D eigenvalue weighted by Gasteiger charge is 2.12. The minimum absolute atomic E-state index is 0.0228. The van der Waals surface area contributed by atoms with E-state index < -0.39 is 0 Å². The molecule has 0 N–H and O–H groups in total. The summed E-state index contributed by atoms with van der Waals surface area (Å²) in [6.07, 6.45) is 24.1. The van der Waals surface area contributed by atoms with Crippen LogP contribution in [0.4, 0.5) is 4.39 Å². The molecule has 0 fully saturated rings. The van der Waals surface area contributed by atoms with Crippen molar-refractivity contribution in [2.45, 2.75) is 115 Å². The standard InChI is InChI=1S/C18H25ClO.C8H18.C7H7F.C2H6O.C2H6.C2H2/c1-7-15(11-10-13(4)5)12-17(14(6)20)16(8-2)18(19)9-3;1-4-6-8(3)7-5-2;1-6-2-4-7(8)5-3-6;1-3-2;2*1-2/h8-12H,7H2,1-6H3;8H,4-7H2,1-3H3;2-5H,1H3;1-2H3;1-2H3;1-2H/b15-11+,16-8-,17-12+,18-9+;;;;;. The Bertz CT molecular complexity index is 930. The van der Waals surface area contributed by atoms with Crippen LogP contribution in [0.25, 0.3) is 0 Å². The molecule has 1 aromatic rings. The molecule has 246 valence electrons. The van der Waals surface area contributed by atoms with E-state index in [2.05, 4.69) is 57.4 Å². The van der Waals surface area contributed by atoms with Crippen molar-refractivity contribution < 1.29 is 13.9 Å². The number of halogens is 2. The first-order chi connectivity index (χ1) is 20.4. The van der Waals surface area contributed by atoms with Gasteiger partial charge in [0.05, 0.1) is 0 Å². The Balaban J connectivity index is -0.000000171. The summed E-state index contributed by atoms with van der Waals surface area (Å²) in [5, 5.41) is 0.603. The molecule has 0 saturated carbocycles. The Morgan fingerprint density at radius 1 is 0.907 bits per heavy atom. The highest BCUT2D eigenvalue weighted by molar-refractivity contribution is 6.33. The van der Waals surface area contributed by atoms with Crippen LogP contribution in [0.1, 0.15) is 114 Å². The van der Waals surface area contributed by atoms with E-state index in [1.54, 1.807) is 39.4 Å². The van der Waals surface area contributed by atoms with Crippen molar-refractivity contribution in [3.05, 3.63) is 93.4 Å². The van der Waals surface area contributed by atoms with Gasteiger partial charge in [-0.3, -0.25) is 4.79 Å². The average molecular weight is 619 g/mol. The molecule has 2 nitrogen and oxygen atoms in total. The zero-order valence-electron chi connectivity index (χ0n) is 30.0. The van der Waals surface area contributed by atoms with Gasteiger partial charge in [0, 0.05) is 24.8 Å².